The summed E-state index contributed by atoms with van der Waals surface area (Å²) in [5.41, 5.74) is -0.111. The number of carbonyl (C=O) groups is 2. The van der Waals surface area contributed by atoms with Crippen LogP contribution in [-0.4, -0.2) is 29.8 Å². The molecule has 2 aromatic rings. The summed E-state index contributed by atoms with van der Waals surface area (Å²) in [6, 6.07) is 8.94. The standard InChI is InChI=1S/C23H23F3N4O2/c1-2-12-30(13-14-6-7-14)22(32)15-8-10-16(11-9-15)28-29-20-17-4-3-5-18(23(24,25)26)19(17)27-21(20)31/h3-5,8-11,14,20H,2,6-7,12-13H2,1H3,(H,27,31)/t20-/m0/s1. The van der Waals surface area contributed by atoms with Gasteiger partial charge in [0, 0.05) is 24.2 Å². The molecule has 1 saturated carbocycles. The number of anilines is 1. The fraction of sp³-hybridized carbons (Fsp3) is 0.391. The lowest BCUT2D eigenvalue weighted by atomic mass is 10.0. The van der Waals surface area contributed by atoms with Crippen LogP contribution in [0.3, 0.4) is 0 Å². The van der Waals surface area contributed by atoms with Gasteiger partial charge in [0.05, 0.1) is 16.9 Å². The van der Waals surface area contributed by atoms with Crippen molar-refractivity contribution in [2.45, 2.75) is 38.4 Å². The van der Waals surface area contributed by atoms with Crippen LogP contribution in [0.25, 0.3) is 0 Å². The lowest BCUT2D eigenvalue weighted by Crippen LogP contribution is -2.33. The highest BCUT2D eigenvalue weighted by molar-refractivity contribution is 6.03. The molecule has 0 unspecified atom stereocenters. The maximum absolute atomic E-state index is 13.2. The topological polar surface area (TPSA) is 74.1 Å². The Morgan fingerprint density at radius 1 is 1.16 bits per heavy atom. The zero-order valence-corrected chi connectivity index (χ0v) is 17.5. The molecule has 0 bridgehead atoms. The summed E-state index contributed by atoms with van der Waals surface area (Å²) in [7, 11) is 0. The van der Waals surface area contributed by atoms with Crippen molar-refractivity contribution in [3.05, 3.63) is 59.2 Å². The number of alkyl halides is 3. The maximum Gasteiger partial charge on any atom is 0.418 e. The van der Waals surface area contributed by atoms with E-state index in [1.807, 2.05) is 11.8 Å². The minimum atomic E-state index is -4.59. The van der Waals surface area contributed by atoms with Gasteiger partial charge in [0.2, 0.25) is 0 Å². The number of nitrogens with one attached hydrogen (secondary N) is 1. The number of rotatable bonds is 7. The number of hydrogen-bond donors (Lipinski definition) is 1. The second kappa shape index (κ2) is 8.72. The molecule has 6 nitrogen and oxygen atoms in total. The summed E-state index contributed by atoms with van der Waals surface area (Å²) >= 11 is 0. The van der Waals surface area contributed by atoms with Crippen molar-refractivity contribution in [1.29, 1.82) is 0 Å². The van der Waals surface area contributed by atoms with E-state index < -0.39 is 23.7 Å². The third-order valence-corrected chi connectivity index (χ3v) is 5.55. The van der Waals surface area contributed by atoms with E-state index in [4.69, 9.17) is 0 Å². The van der Waals surface area contributed by atoms with Crippen LogP contribution < -0.4 is 5.32 Å². The average Bonchev–Trinajstić information content (AvgIpc) is 3.51. The Balaban J connectivity index is 1.49. The second-order valence-corrected chi connectivity index (χ2v) is 8.12. The molecule has 1 aliphatic heterocycles. The summed E-state index contributed by atoms with van der Waals surface area (Å²) in [4.78, 5) is 26.9. The molecule has 4 rings (SSSR count). The van der Waals surface area contributed by atoms with Crippen molar-refractivity contribution in [3.8, 4) is 0 Å². The number of fused-ring (bicyclic) bond motifs is 1. The maximum atomic E-state index is 13.2. The Bertz CT molecular complexity index is 1050. The molecular formula is C23H23F3N4O2. The van der Waals surface area contributed by atoms with Crippen LogP contribution in [-0.2, 0) is 11.0 Å². The van der Waals surface area contributed by atoms with Crippen LogP contribution in [0.4, 0.5) is 24.5 Å². The van der Waals surface area contributed by atoms with Crippen LogP contribution in [0.15, 0.2) is 52.7 Å². The number of azo groups is 1. The van der Waals surface area contributed by atoms with Gasteiger partial charge in [0.1, 0.15) is 0 Å². The number of nitrogens with zero attached hydrogens (tertiary/aromatic N) is 3. The number of para-hydroxylation sites is 1. The summed E-state index contributed by atoms with van der Waals surface area (Å²) < 4.78 is 39.6. The van der Waals surface area contributed by atoms with Crippen LogP contribution in [0.2, 0.25) is 0 Å². The molecule has 2 amide bonds. The second-order valence-electron chi connectivity index (χ2n) is 8.12. The Labute approximate surface area is 183 Å². The van der Waals surface area contributed by atoms with E-state index in [1.165, 1.54) is 12.1 Å². The fourth-order valence-corrected chi connectivity index (χ4v) is 3.76. The van der Waals surface area contributed by atoms with Gasteiger partial charge >= 0.3 is 6.18 Å². The van der Waals surface area contributed by atoms with Gasteiger partial charge in [-0.15, -0.1) is 0 Å². The van der Waals surface area contributed by atoms with Crippen LogP contribution in [0, 0.1) is 5.92 Å². The van der Waals surface area contributed by atoms with Crippen LogP contribution in [0.1, 0.15) is 53.7 Å². The summed E-state index contributed by atoms with van der Waals surface area (Å²) in [5.74, 6) is -0.106. The molecule has 2 aromatic carbocycles. The van der Waals surface area contributed by atoms with E-state index in [0.717, 1.165) is 31.9 Å². The monoisotopic (exact) mass is 444 g/mol. The highest BCUT2D eigenvalue weighted by atomic mass is 19.4. The zero-order chi connectivity index (χ0) is 22.9. The van der Waals surface area contributed by atoms with Gasteiger partial charge in [-0.1, -0.05) is 19.1 Å². The lowest BCUT2D eigenvalue weighted by molar-refractivity contribution is -0.136. The van der Waals surface area contributed by atoms with Gasteiger partial charge in [0.25, 0.3) is 11.8 Å². The predicted molar refractivity (Wildman–Crippen MR) is 113 cm³/mol. The number of halogens is 3. The van der Waals surface area contributed by atoms with Crippen molar-refractivity contribution in [3.63, 3.8) is 0 Å². The van der Waals surface area contributed by atoms with E-state index in [-0.39, 0.29) is 17.2 Å². The van der Waals surface area contributed by atoms with Gasteiger partial charge in [-0.3, -0.25) is 9.59 Å². The highest BCUT2D eigenvalue weighted by Gasteiger charge is 2.40. The van der Waals surface area contributed by atoms with Crippen molar-refractivity contribution < 1.29 is 22.8 Å². The van der Waals surface area contributed by atoms with Gasteiger partial charge in [-0.05, 0) is 55.5 Å². The molecule has 0 spiro atoms. The Morgan fingerprint density at radius 2 is 1.88 bits per heavy atom. The fourth-order valence-electron chi connectivity index (χ4n) is 3.76. The van der Waals surface area contributed by atoms with Gasteiger partial charge in [-0.2, -0.15) is 23.4 Å². The average molecular weight is 444 g/mol. The van der Waals surface area contributed by atoms with Crippen molar-refractivity contribution in [1.82, 2.24) is 4.90 Å². The molecule has 1 atom stereocenters. The molecule has 0 radical (unpaired) electrons. The van der Waals surface area contributed by atoms with Gasteiger partial charge < -0.3 is 10.2 Å². The smallest absolute Gasteiger partial charge is 0.338 e. The molecule has 0 aromatic heterocycles. The van der Waals surface area contributed by atoms with E-state index in [0.29, 0.717) is 23.7 Å². The first-order valence-corrected chi connectivity index (χ1v) is 10.6. The first-order chi connectivity index (χ1) is 15.3. The molecule has 168 valence electrons. The molecule has 1 heterocycles. The Morgan fingerprint density at radius 3 is 2.50 bits per heavy atom. The molecule has 2 aliphatic rings. The van der Waals surface area contributed by atoms with Crippen molar-refractivity contribution >= 4 is 23.2 Å². The third kappa shape index (κ3) is 4.66. The third-order valence-electron chi connectivity index (χ3n) is 5.55. The van der Waals surface area contributed by atoms with Gasteiger partial charge in [0.15, 0.2) is 6.04 Å². The van der Waals surface area contributed by atoms with Crippen LogP contribution >= 0.6 is 0 Å². The van der Waals surface area contributed by atoms with E-state index in [1.54, 1.807) is 24.3 Å². The molecule has 32 heavy (non-hydrogen) atoms. The molecule has 9 heteroatoms. The predicted octanol–water partition coefficient (Wildman–Crippen LogP) is 5.74. The van der Waals surface area contributed by atoms with E-state index in [2.05, 4.69) is 15.5 Å². The Kier molecular flexibility index (Phi) is 5.99. The highest BCUT2D eigenvalue weighted by Crippen LogP contribution is 2.43. The molecular weight excluding hydrogens is 421 g/mol. The zero-order valence-electron chi connectivity index (χ0n) is 17.5. The minimum absolute atomic E-state index is 0.0361. The van der Waals surface area contributed by atoms with E-state index in [9.17, 15) is 22.8 Å². The quantitative estimate of drug-likeness (QED) is 0.553. The number of benzene rings is 2. The first kappa shape index (κ1) is 22.0. The van der Waals surface area contributed by atoms with Gasteiger partial charge in [-0.25, -0.2) is 0 Å². The van der Waals surface area contributed by atoms with Crippen molar-refractivity contribution in [2.75, 3.05) is 18.4 Å². The van der Waals surface area contributed by atoms with Crippen molar-refractivity contribution in [2.24, 2.45) is 16.1 Å². The summed E-state index contributed by atoms with van der Waals surface area (Å²) in [6.45, 7) is 3.50. The number of amides is 2. The van der Waals surface area contributed by atoms with E-state index >= 15 is 0 Å². The number of carbonyl (C=O) groups excluding carboxylic acids is 2. The minimum Gasteiger partial charge on any atom is -0.338 e. The first-order valence-electron chi connectivity index (χ1n) is 10.6. The largest absolute Gasteiger partial charge is 0.418 e. The molecule has 1 aliphatic carbocycles. The molecule has 1 N–H and O–H groups in total. The van der Waals surface area contributed by atoms with Crippen LogP contribution in [0.5, 0.6) is 0 Å². The molecule has 1 fully saturated rings. The summed E-state index contributed by atoms with van der Waals surface area (Å²) in [5, 5.41) is 10.3. The Hall–Kier alpha value is -3.23. The number of hydrogen-bond acceptors (Lipinski definition) is 4. The normalized spacial score (nSPS) is 18.0. The lowest BCUT2D eigenvalue weighted by Gasteiger charge is -2.22. The molecule has 0 saturated heterocycles. The summed E-state index contributed by atoms with van der Waals surface area (Å²) in [6.07, 6.45) is -1.38. The SMILES string of the molecule is CCCN(CC1CC1)C(=O)c1ccc(N=N[C@@H]2C(=O)Nc3c2cccc3C(F)(F)F)cc1.